The first-order valence-corrected chi connectivity index (χ1v) is 5.14. The third-order valence-electron chi connectivity index (χ3n) is 2.37. The second-order valence-electron chi connectivity index (χ2n) is 3.49. The van der Waals surface area contributed by atoms with Crippen molar-refractivity contribution in [2.45, 2.75) is 6.10 Å². The van der Waals surface area contributed by atoms with Crippen LogP contribution in [-0.4, -0.2) is 10.1 Å². The van der Waals surface area contributed by atoms with Crippen LogP contribution in [0.25, 0.3) is 11.3 Å². The Morgan fingerprint density at radius 1 is 1.06 bits per heavy atom. The molecule has 1 unspecified atom stereocenters. The van der Waals surface area contributed by atoms with E-state index >= 15 is 0 Å². The SMILES string of the molecule is C=CC(O)c1cccc(-c2ccccc2)n1. The fourth-order valence-corrected chi connectivity index (χ4v) is 1.51. The molecule has 2 heteroatoms. The topological polar surface area (TPSA) is 33.1 Å². The lowest BCUT2D eigenvalue weighted by molar-refractivity contribution is 0.224. The second-order valence-corrected chi connectivity index (χ2v) is 3.49. The van der Waals surface area contributed by atoms with Crippen molar-refractivity contribution in [1.82, 2.24) is 4.98 Å². The Hall–Kier alpha value is -1.93. The molecule has 1 atom stereocenters. The highest BCUT2D eigenvalue weighted by Gasteiger charge is 2.05. The predicted octanol–water partition coefficient (Wildman–Crippen LogP) is 2.97. The molecule has 0 saturated heterocycles. The van der Waals surface area contributed by atoms with Crippen molar-refractivity contribution in [3.05, 3.63) is 66.9 Å². The van der Waals surface area contributed by atoms with E-state index in [-0.39, 0.29) is 0 Å². The molecule has 0 aliphatic rings. The van der Waals surface area contributed by atoms with Crippen LogP contribution >= 0.6 is 0 Å². The molecular formula is C14H13NO. The number of nitrogens with zero attached hydrogens (tertiary/aromatic N) is 1. The first kappa shape index (κ1) is 10.6. The molecule has 1 aromatic carbocycles. The maximum Gasteiger partial charge on any atom is 0.114 e. The van der Waals surface area contributed by atoms with Gasteiger partial charge in [0.15, 0.2) is 0 Å². The lowest BCUT2D eigenvalue weighted by Gasteiger charge is -2.07. The van der Waals surface area contributed by atoms with Gasteiger partial charge in [0, 0.05) is 5.56 Å². The number of rotatable bonds is 3. The highest BCUT2D eigenvalue weighted by atomic mass is 16.3. The van der Waals surface area contributed by atoms with Gasteiger partial charge in [-0.05, 0) is 12.1 Å². The van der Waals surface area contributed by atoms with Gasteiger partial charge < -0.3 is 5.11 Å². The number of aliphatic hydroxyl groups is 1. The van der Waals surface area contributed by atoms with Gasteiger partial charge in [0.05, 0.1) is 11.4 Å². The first-order chi connectivity index (χ1) is 7.81. The second kappa shape index (κ2) is 4.73. The minimum Gasteiger partial charge on any atom is -0.383 e. The Kier molecular flexibility index (Phi) is 3.13. The molecule has 0 spiro atoms. The van der Waals surface area contributed by atoms with Gasteiger partial charge in [0.25, 0.3) is 0 Å². The van der Waals surface area contributed by atoms with Gasteiger partial charge in [-0.3, -0.25) is 0 Å². The number of pyridine rings is 1. The highest BCUT2D eigenvalue weighted by molar-refractivity contribution is 5.58. The van der Waals surface area contributed by atoms with E-state index in [1.165, 1.54) is 6.08 Å². The van der Waals surface area contributed by atoms with Gasteiger partial charge in [0.2, 0.25) is 0 Å². The molecule has 2 rings (SSSR count). The zero-order valence-corrected chi connectivity index (χ0v) is 8.88. The van der Waals surface area contributed by atoms with E-state index in [0.29, 0.717) is 5.69 Å². The summed E-state index contributed by atoms with van der Waals surface area (Å²) in [6.45, 7) is 3.55. The van der Waals surface area contributed by atoms with Gasteiger partial charge in [0.1, 0.15) is 6.10 Å². The van der Waals surface area contributed by atoms with Gasteiger partial charge in [-0.1, -0.05) is 42.5 Å². The lowest BCUT2D eigenvalue weighted by Crippen LogP contribution is -1.97. The van der Waals surface area contributed by atoms with E-state index in [4.69, 9.17) is 0 Å². The van der Waals surface area contributed by atoms with Crippen LogP contribution in [-0.2, 0) is 0 Å². The van der Waals surface area contributed by atoms with Crippen LogP contribution in [0.1, 0.15) is 11.8 Å². The van der Waals surface area contributed by atoms with E-state index in [2.05, 4.69) is 11.6 Å². The van der Waals surface area contributed by atoms with E-state index in [1.807, 2.05) is 42.5 Å². The molecule has 0 amide bonds. The summed E-state index contributed by atoms with van der Waals surface area (Å²) in [5.41, 5.74) is 2.52. The minimum atomic E-state index is -0.705. The van der Waals surface area contributed by atoms with Crippen LogP contribution in [0.3, 0.4) is 0 Å². The minimum absolute atomic E-state index is 0.622. The fraction of sp³-hybridized carbons (Fsp3) is 0.0714. The van der Waals surface area contributed by atoms with Crippen molar-refractivity contribution < 1.29 is 5.11 Å². The standard InChI is InChI=1S/C14H13NO/c1-2-14(16)13-10-6-9-12(15-13)11-7-4-3-5-8-11/h2-10,14,16H,1H2. The van der Waals surface area contributed by atoms with E-state index in [9.17, 15) is 5.11 Å². The number of benzene rings is 1. The first-order valence-electron chi connectivity index (χ1n) is 5.14. The summed E-state index contributed by atoms with van der Waals surface area (Å²) in [6.07, 6.45) is 0.764. The summed E-state index contributed by atoms with van der Waals surface area (Å²) in [6, 6.07) is 15.5. The van der Waals surface area contributed by atoms with Crippen molar-refractivity contribution in [2.75, 3.05) is 0 Å². The lowest BCUT2D eigenvalue weighted by atomic mass is 10.1. The molecule has 0 aliphatic heterocycles. The molecule has 80 valence electrons. The van der Waals surface area contributed by atoms with Gasteiger partial charge in [-0.2, -0.15) is 0 Å². The molecule has 1 N–H and O–H groups in total. The van der Waals surface area contributed by atoms with Crippen LogP contribution in [0.15, 0.2) is 61.2 Å². The number of aliphatic hydroxyl groups excluding tert-OH is 1. The molecule has 2 aromatic rings. The quantitative estimate of drug-likeness (QED) is 0.792. The number of hydrogen-bond donors (Lipinski definition) is 1. The summed E-state index contributed by atoms with van der Waals surface area (Å²) in [5, 5.41) is 9.62. The van der Waals surface area contributed by atoms with Crippen LogP contribution in [0.5, 0.6) is 0 Å². The molecule has 2 nitrogen and oxygen atoms in total. The highest BCUT2D eigenvalue weighted by Crippen LogP contribution is 2.19. The van der Waals surface area contributed by atoms with Crippen molar-refractivity contribution in [3.63, 3.8) is 0 Å². The van der Waals surface area contributed by atoms with E-state index in [1.54, 1.807) is 6.07 Å². The zero-order valence-electron chi connectivity index (χ0n) is 8.88. The van der Waals surface area contributed by atoms with E-state index in [0.717, 1.165) is 11.3 Å². The van der Waals surface area contributed by atoms with Crippen molar-refractivity contribution in [2.24, 2.45) is 0 Å². The van der Waals surface area contributed by atoms with Crippen molar-refractivity contribution >= 4 is 0 Å². The molecule has 0 radical (unpaired) electrons. The smallest absolute Gasteiger partial charge is 0.114 e. The summed E-state index contributed by atoms with van der Waals surface area (Å²) >= 11 is 0. The monoisotopic (exact) mass is 211 g/mol. The molecule has 0 fully saturated rings. The maximum atomic E-state index is 9.62. The molecule has 0 aliphatic carbocycles. The largest absolute Gasteiger partial charge is 0.383 e. The summed E-state index contributed by atoms with van der Waals surface area (Å²) in [4.78, 5) is 4.39. The van der Waals surface area contributed by atoms with Gasteiger partial charge in [-0.15, -0.1) is 6.58 Å². The van der Waals surface area contributed by atoms with Gasteiger partial charge >= 0.3 is 0 Å². The molecule has 1 heterocycles. The summed E-state index contributed by atoms with van der Waals surface area (Å²) in [7, 11) is 0. The fourth-order valence-electron chi connectivity index (χ4n) is 1.51. The maximum absolute atomic E-state index is 9.62. The van der Waals surface area contributed by atoms with Crippen LogP contribution in [0, 0.1) is 0 Å². The molecular weight excluding hydrogens is 198 g/mol. The van der Waals surface area contributed by atoms with Crippen molar-refractivity contribution in [1.29, 1.82) is 0 Å². The molecule has 16 heavy (non-hydrogen) atoms. The Balaban J connectivity index is 2.40. The van der Waals surface area contributed by atoms with Crippen LogP contribution < -0.4 is 0 Å². The Morgan fingerprint density at radius 2 is 1.81 bits per heavy atom. The molecule has 0 bridgehead atoms. The van der Waals surface area contributed by atoms with Crippen molar-refractivity contribution in [3.8, 4) is 11.3 Å². The van der Waals surface area contributed by atoms with Crippen LogP contribution in [0.2, 0.25) is 0 Å². The zero-order chi connectivity index (χ0) is 11.4. The van der Waals surface area contributed by atoms with Gasteiger partial charge in [-0.25, -0.2) is 4.98 Å². The number of hydrogen-bond acceptors (Lipinski definition) is 2. The normalized spacial score (nSPS) is 12.1. The Bertz CT molecular complexity index is 479. The average Bonchev–Trinajstić information content (AvgIpc) is 2.39. The summed E-state index contributed by atoms with van der Waals surface area (Å²) < 4.78 is 0. The Morgan fingerprint density at radius 3 is 2.50 bits per heavy atom. The molecule has 1 aromatic heterocycles. The summed E-state index contributed by atoms with van der Waals surface area (Å²) in [5.74, 6) is 0. The Labute approximate surface area is 94.9 Å². The molecule has 0 saturated carbocycles. The number of aromatic nitrogens is 1. The third-order valence-corrected chi connectivity index (χ3v) is 2.37. The van der Waals surface area contributed by atoms with E-state index < -0.39 is 6.10 Å². The average molecular weight is 211 g/mol. The predicted molar refractivity (Wildman–Crippen MR) is 64.8 cm³/mol. The van der Waals surface area contributed by atoms with Crippen LogP contribution in [0.4, 0.5) is 0 Å². The third kappa shape index (κ3) is 2.18.